The van der Waals surface area contributed by atoms with Crippen LogP contribution < -0.4 is 0 Å². The van der Waals surface area contributed by atoms with Crippen LogP contribution in [0.1, 0.15) is 192 Å². The van der Waals surface area contributed by atoms with Gasteiger partial charge in [0.1, 0.15) is 46.3 Å². The zero-order valence-corrected chi connectivity index (χ0v) is 40.2. The molecule has 0 aliphatic heterocycles. The maximum Gasteiger partial charge on any atom is 0.145 e. The van der Waals surface area contributed by atoms with Gasteiger partial charge in [0.25, 0.3) is 0 Å². The van der Waals surface area contributed by atoms with Crippen LogP contribution in [0.3, 0.4) is 0 Å². The number of ketones is 8. The molecule has 0 aromatic heterocycles. The first kappa shape index (κ1) is 60.3. The van der Waals surface area contributed by atoms with E-state index in [0.717, 1.165) is 0 Å². The van der Waals surface area contributed by atoms with Crippen LogP contribution in [0.25, 0.3) is 0 Å². The Balaban J connectivity index is -0.000000192. The zero-order valence-electron chi connectivity index (χ0n) is 38.6. The van der Waals surface area contributed by atoms with Crippen LogP contribution in [0, 0.1) is 43.3 Å². The smallest absolute Gasteiger partial charge is 0.145 e. The minimum Gasteiger partial charge on any atom is -0.299 e. The Labute approximate surface area is 340 Å². The molecular formula is C44H80O8Ti. The van der Waals surface area contributed by atoms with Gasteiger partial charge in [-0.3, -0.25) is 38.4 Å². The van der Waals surface area contributed by atoms with E-state index in [4.69, 9.17) is 0 Å². The van der Waals surface area contributed by atoms with Crippen molar-refractivity contribution in [3.05, 3.63) is 0 Å². The van der Waals surface area contributed by atoms with Crippen molar-refractivity contribution in [2.24, 2.45) is 43.3 Å². The third kappa shape index (κ3) is 30.0. The Kier molecular flexibility index (Phi) is 25.0. The number of hydrogen-bond acceptors (Lipinski definition) is 8. The van der Waals surface area contributed by atoms with Gasteiger partial charge in [-0.05, 0) is 0 Å². The predicted octanol–water partition coefficient (Wildman–Crippen LogP) is 10.4. The molecule has 0 saturated heterocycles. The van der Waals surface area contributed by atoms with E-state index in [9.17, 15) is 38.4 Å². The van der Waals surface area contributed by atoms with E-state index < -0.39 is 43.3 Å². The molecule has 0 aliphatic rings. The molecule has 0 heterocycles. The van der Waals surface area contributed by atoms with Crippen molar-refractivity contribution in [3.63, 3.8) is 0 Å². The summed E-state index contributed by atoms with van der Waals surface area (Å²) in [5.41, 5.74) is -3.21. The Morgan fingerprint density at radius 2 is 0.264 bits per heavy atom. The van der Waals surface area contributed by atoms with Crippen molar-refractivity contribution in [1.82, 2.24) is 0 Å². The summed E-state index contributed by atoms with van der Waals surface area (Å²) < 4.78 is 0. The van der Waals surface area contributed by atoms with Crippen LogP contribution in [-0.4, -0.2) is 46.3 Å². The first-order valence-electron chi connectivity index (χ1n) is 18.5. The molecular weight excluding hydrogens is 704 g/mol. The fraction of sp³-hybridized carbons (Fsp3) is 0.818. The van der Waals surface area contributed by atoms with Crippen LogP contribution in [0.5, 0.6) is 0 Å². The van der Waals surface area contributed by atoms with Gasteiger partial charge in [0.15, 0.2) is 0 Å². The minimum absolute atomic E-state index is 0. The normalized spacial score (nSPS) is 12.5. The SMILES string of the molecule is CC(C)(C)C(=O)CC(=O)C(C)(C)C.CC(C)(C)C(=O)CC(=O)C(C)(C)C.CC(C)(C)C(=O)CC(=O)C(C)(C)C.CC(C)(C)C(=O)CC(=O)C(C)(C)C.[Ti]. The molecule has 308 valence electrons. The van der Waals surface area contributed by atoms with Crippen LogP contribution in [-0.2, 0) is 60.1 Å². The van der Waals surface area contributed by atoms with Crippen molar-refractivity contribution < 1.29 is 60.1 Å². The molecule has 0 aliphatic carbocycles. The molecule has 0 rings (SSSR count). The van der Waals surface area contributed by atoms with E-state index >= 15 is 0 Å². The molecule has 0 radical (unpaired) electrons. The van der Waals surface area contributed by atoms with Crippen LogP contribution in [0.2, 0.25) is 0 Å². The second-order valence-corrected chi connectivity index (χ2v) is 22.1. The summed E-state index contributed by atoms with van der Waals surface area (Å²) in [6.45, 7) is 44.1. The van der Waals surface area contributed by atoms with Crippen molar-refractivity contribution >= 4 is 46.3 Å². The van der Waals surface area contributed by atoms with Gasteiger partial charge in [-0.15, -0.1) is 0 Å². The Morgan fingerprint density at radius 3 is 0.302 bits per heavy atom. The third-order valence-corrected chi connectivity index (χ3v) is 7.98. The van der Waals surface area contributed by atoms with Crippen molar-refractivity contribution in [1.29, 1.82) is 0 Å². The molecule has 0 unspecified atom stereocenters. The standard InChI is InChI=1S/4C11H20O2.Ti/c4*1-10(2,3)8(12)7-9(13)11(4,5)6;/h4*7H2,1-6H3;. The number of rotatable bonds is 8. The molecule has 0 aromatic carbocycles. The zero-order chi connectivity index (χ0) is 43.4. The maximum absolute atomic E-state index is 11.5. The second-order valence-electron chi connectivity index (χ2n) is 22.1. The van der Waals surface area contributed by atoms with Gasteiger partial charge >= 0.3 is 0 Å². The number of carbonyl (C=O) groups excluding carboxylic acids is 8. The Hall–Kier alpha value is -1.93. The summed E-state index contributed by atoms with van der Waals surface area (Å²) in [4.78, 5) is 92.0. The van der Waals surface area contributed by atoms with Gasteiger partial charge in [-0.2, -0.15) is 0 Å². The molecule has 0 bridgehead atoms. The molecule has 53 heavy (non-hydrogen) atoms. The molecule has 9 heteroatoms. The number of Topliss-reactive ketones (excluding diaryl/α,β-unsaturated/α-hetero) is 8. The summed E-state index contributed by atoms with van der Waals surface area (Å²) in [7, 11) is 0. The first-order chi connectivity index (χ1) is 22.2. The van der Waals surface area contributed by atoms with Gasteiger partial charge < -0.3 is 0 Å². The fourth-order valence-electron chi connectivity index (χ4n) is 2.70. The summed E-state index contributed by atoms with van der Waals surface area (Å²) in [6, 6.07) is 0. The van der Waals surface area contributed by atoms with Crippen molar-refractivity contribution in [2.45, 2.75) is 192 Å². The summed E-state index contributed by atoms with van der Waals surface area (Å²) in [5.74, 6) is 0.166. The monoisotopic (exact) mass is 785 g/mol. The molecule has 0 atom stereocenters. The second kappa shape index (κ2) is 22.0. The van der Waals surface area contributed by atoms with E-state index in [0.29, 0.717) is 0 Å². The predicted molar refractivity (Wildman–Crippen MR) is 214 cm³/mol. The quantitative estimate of drug-likeness (QED) is 0.175. The average molecular weight is 785 g/mol. The molecule has 8 nitrogen and oxygen atoms in total. The van der Waals surface area contributed by atoms with E-state index in [1.807, 2.05) is 166 Å². The van der Waals surface area contributed by atoms with E-state index in [1.165, 1.54) is 0 Å². The van der Waals surface area contributed by atoms with Crippen molar-refractivity contribution in [3.8, 4) is 0 Å². The van der Waals surface area contributed by atoms with Gasteiger partial charge in [0, 0.05) is 65.0 Å². The largest absolute Gasteiger partial charge is 0.299 e. The van der Waals surface area contributed by atoms with Crippen molar-refractivity contribution in [2.75, 3.05) is 0 Å². The van der Waals surface area contributed by atoms with Crippen LogP contribution in [0.4, 0.5) is 0 Å². The third-order valence-electron chi connectivity index (χ3n) is 7.98. The summed E-state index contributed by atoms with van der Waals surface area (Å²) in [6.07, 6.45) is 0.250. The molecule has 0 amide bonds. The molecule has 0 N–H and O–H groups in total. The van der Waals surface area contributed by atoms with Gasteiger partial charge in [0.2, 0.25) is 0 Å². The molecule has 0 saturated carbocycles. The minimum atomic E-state index is -0.402. The summed E-state index contributed by atoms with van der Waals surface area (Å²) >= 11 is 0. The van der Waals surface area contributed by atoms with Crippen LogP contribution >= 0.6 is 0 Å². The number of hydrogen-bond donors (Lipinski definition) is 0. The first-order valence-corrected chi connectivity index (χ1v) is 18.5. The van der Waals surface area contributed by atoms with E-state index in [-0.39, 0.29) is 93.7 Å². The fourth-order valence-corrected chi connectivity index (χ4v) is 2.70. The Morgan fingerprint density at radius 1 is 0.208 bits per heavy atom. The van der Waals surface area contributed by atoms with Gasteiger partial charge in [0.05, 0.1) is 25.7 Å². The topological polar surface area (TPSA) is 137 Å². The summed E-state index contributed by atoms with van der Waals surface area (Å²) in [5, 5.41) is 0. The molecule has 0 spiro atoms. The van der Waals surface area contributed by atoms with Gasteiger partial charge in [-0.1, -0.05) is 166 Å². The maximum atomic E-state index is 11.5. The molecule has 0 fully saturated rings. The average Bonchev–Trinajstić information content (AvgIpc) is 2.85. The Bertz CT molecular complexity index is 964. The van der Waals surface area contributed by atoms with Gasteiger partial charge in [-0.25, -0.2) is 0 Å². The number of carbonyl (C=O) groups is 8. The van der Waals surface area contributed by atoms with Crippen LogP contribution in [0.15, 0.2) is 0 Å². The van der Waals surface area contributed by atoms with E-state index in [2.05, 4.69) is 0 Å². The van der Waals surface area contributed by atoms with E-state index in [1.54, 1.807) is 0 Å². The molecule has 0 aromatic rings.